The average molecular weight is 365 g/mol. The Morgan fingerprint density at radius 1 is 1.36 bits per heavy atom. The maximum Gasteiger partial charge on any atom is 0.243 e. The fraction of sp³-hybridized carbons (Fsp3) is 0.500. The summed E-state index contributed by atoms with van der Waals surface area (Å²) in [6.07, 6.45) is 4.48. The van der Waals surface area contributed by atoms with Gasteiger partial charge in [0.05, 0.1) is 4.90 Å². The summed E-state index contributed by atoms with van der Waals surface area (Å²) in [4.78, 5) is 4.52. The van der Waals surface area contributed by atoms with E-state index in [1.807, 2.05) is 13.1 Å². The molecule has 1 unspecified atom stereocenters. The number of aryl methyl sites for hydroxylation is 1. The van der Waals surface area contributed by atoms with Crippen molar-refractivity contribution in [3.05, 3.63) is 47.8 Å². The van der Waals surface area contributed by atoms with Crippen LogP contribution in [0.1, 0.15) is 31.3 Å². The van der Waals surface area contributed by atoms with Gasteiger partial charge in [-0.15, -0.1) is 0 Å². The fourth-order valence-electron chi connectivity index (χ4n) is 3.42. The Labute approximate surface area is 148 Å². The Morgan fingerprint density at radius 3 is 2.88 bits per heavy atom. The van der Waals surface area contributed by atoms with Crippen molar-refractivity contribution in [2.45, 2.75) is 44.6 Å². The van der Waals surface area contributed by atoms with Gasteiger partial charge in [-0.1, -0.05) is 13.0 Å². The van der Waals surface area contributed by atoms with E-state index in [-0.39, 0.29) is 10.8 Å². The van der Waals surface area contributed by atoms with Crippen LogP contribution in [0.5, 0.6) is 0 Å². The quantitative estimate of drug-likeness (QED) is 0.791. The summed E-state index contributed by atoms with van der Waals surface area (Å²) in [5, 5.41) is 0. The van der Waals surface area contributed by atoms with E-state index in [1.165, 1.54) is 22.5 Å². The van der Waals surface area contributed by atoms with E-state index in [9.17, 15) is 12.8 Å². The minimum absolute atomic E-state index is 0.0245. The second-order valence-electron chi connectivity index (χ2n) is 6.65. The first-order chi connectivity index (χ1) is 11.9. The molecule has 1 saturated heterocycles. The van der Waals surface area contributed by atoms with Crippen LogP contribution in [-0.2, 0) is 23.0 Å². The van der Waals surface area contributed by atoms with Crippen molar-refractivity contribution >= 4 is 10.0 Å². The van der Waals surface area contributed by atoms with Crippen molar-refractivity contribution in [1.82, 2.24) is 13.9 Å². The van der Waals surface area contributed by atoms with E-state index in [1.54, 1.807) is 0 Å². The summed E-state index contributed by atoms with van der Waals surface area (Å²) in [5.41, 5.74) is 1.14. The predicted molar refractivity (Wildman–Crippen MR) is 94.2 cm³/mol. The summed E-state index contributed by atoms with van der Waals surface area (Å²) in [7, 11) is -3.64. The molecule has 0 amide bonds. The first kappa shape index (κ1) is 18.1. The van der Waals surface area contributed by atoms with Crippen LogP contribution in [0.25, 0.3) is 0 Å². The van der Waals surface area contributed by atoms with Gasteiger partial charge >= 0.3 is 0 Å². The maximum absolute atomic E-state index is 13.4. The van der Waals surface area contributed by atoms with Gasteiger partial charge in [-0.3, -0.25) is 0 Å². The minimum atomic E-state index is -3.64. The molecule has 0 aliphatic carbocycles. The summed E-state index contributed by atoms with van der Waals surface area (Å²) in [6, 6.07) is 5.21. The van der Waals surface area contributed by atoms with Crippen molar-refractivity contribution in [3.8, 4) is 0 Å². The number of halogens is 1. The highest BCUT2D eigenvalue weighted by Gasteiger charge is 2.33. The third-order valence-corrected chi connectivity index (χ3v) is 6.60. The fourth-order valence-corrected chi connectivity index (χ4v) is 4.98. The smallest absolute Gasteiger partial charge is 0.243 e. The standard InChI is InChI=1S/C18H24FN3O2S/c1-3-8-22-14(2)12-20-18(22)10-15-7-9-21(13-15)25(23,24)17-6-4-5-16(19)11-17/h4-6,11-12,15H,3,7-10,13H2,1-2H3. The van der Waals surface area contributed by atoms with Gasteiger partial charge in [0.1, 0.15) is 11.6 Å². The van der Waals surface area contributed by atoms with Gasteiger partial charge in [0.25, 0.3) is 0 Å². The summed E-state index contributed by atoms with van der Waals surface area (Å²) in [5.74, 6) is 0.726. The van der Waals surface area contributed by atoms with Crippen molar-refractivity contribution < 1.29 is 12.8 Å². The van der Waals surface area contributed by atoms with Gasteiger partial charge < -0.3 is 4.57 Å². The number of nitrogens with zero attached hydrogens (tertiary/aromatic N) is 3. The molecule has 136 valence electrons. The number of sulfonamides is 1. The molecule has 7 heteroatoms. The number of imidazole rings is 1. The molecule has 2 aromatic rings. The SMILES string of the molecule is CCCn1c(C)cnc1CC1CCN(S(=O)(=O)c2cccc(F)c2)C1. The van der Waals surface area contributed by atoms with Gasteiger partial charge in [-0.05, 0) is 43.9 Å². The Hall–Kier alpha value is -1.73. The van der Waals surface area contributed by atoms with Gasteiger partial charge in [0.2, 0.25) is 10.0 Å². The molecule has 1 aromatic carbocycles. The lowest BCUT2D eigenvalue weighted by molar-refractivity contribution is 0.448. The lowest BCUT2D eigenvalue weighted by Crippen LogP contribution is -2.29. The normalized spacial score (nSPS) is 18.8. The van der Waals surface area contributed by atoms with Gasteiger partial charge in [-0.25, -0.2) is 17.8 Å². The summed E-state index contributed by atoms with van der Waals surface area (Å²) >= 11 is 0. The van der Waals surface area contributed by atoms with Gasteiger partial charge in [0, 0.05) is 37.9 Å². The van der Waals surface area contributed by atoms with Crippen molar-refractivity contribution in [1.29, 1.82) is 0 Å². The Balaban J connectivity index is 1.72. The number of hydrogen-bond acceptors (Lipinski definition) is 3. The first-order valence-corrected chi connectivity index (χ1v) is 10.1. The second-order valence-corrected chi connectivity index (χ2v) is 8.58. The molecule has 1 fully saturated rings. The molecule has 1 aliphatic rings. The van der Waals surface area contributed by atoms with E-state index in [0.717, 1.165) is 43.4 Å². The summed E-state index contributed by atoms with van der Waals surface area (Å²) < 4.78 is 42.4. The van der Waals surface area contributed by atoms with Crippen LogP contribution in [0, 0.1) is 18.7 Å². The zero-order chi connectivity index (χ0) is 18.0. The highest BCUT2D eigenvalue weighted by molar-refractivity contribution is 7.89. The van der Waals surface area contributed by atoms with Crippen molar-refractivity contribution in [3.63, 3.8) is 0 Å². The maximum atomic E-state index is 13.4. The zero-order valence-electron chi connectivity index (χ0n) is 14.7. The van der Waals surface area contributed by atoms with E-state index in [4.69, 9.17) is 0 Å². The number of aromatic nitrogens is 2. The molecule has 1 atom stereocenters. The minimum Gasteiger partial charge on any atom is -0.332 e. The molecular weight excluding hydrogens is 341 g/mol. The van der Waals surface area contributed by atoms with Crippen LogP contribution in [0.15, 0.2) is 35.4 Å². The van der Waals surface area contributed by atoms with Crippen LogP contribution in [0.2, 0.25) is 0 Å². The molecule has 3 rings (SSSR count). The largest absolute Gasteiger partial charge is 0.332 e. The van der Waals surface area contributed by atoms with Crippen LogP contribution < -0.4 is 0 Å². The molecule has 0 bridgehead atoms. The molecule has 1 aliphatic heterocycles. The molecule has 2 heterocycles. The van der Waals surface area contributed by atoms with E-state index >= 15 is 0 Å². The van der Waals surface area contributed by atoms with Crippen LogP contribution in [0.4, 0.5) is 4.39 Å². The summed E-state index contributed by atoms with van der Waals surface area (Å²) in [6.45, 7) is 6.03. The molecule has 5 nitrogen and oxygen atoms in total. The lowest BCUT2D eigenvalue weighted by atomic mass is 10.0. The highest BCUT2D eigenvalue weighted by Crippen LogP contribution is 2.27. The lowest BCUT2D eigenvalue weighted by Gasteiger charge is -2.17. The van der Waals surface area contributed by atoms with E-state index in [2.05, 4.69) is 16.5 Å². The Kier molecular flexibility index (Phi) is 5.24. The Bertz CT molecular complexity index is 848. The molecule has 0 spiro atoms. The van der Waals surface area contributed by atoms with Crippen LogP contribution in [-0.4, -0.2) is 35.4 Å². The van der Waals surface area contributed by atoms with Crippen LogP contribution >= 0.6 is 0 Å². The molecule has 25 heavy (non-hydrogen) atoms. The molecule has 1 aromatic heterocycles. The van der Waals surface area contributed by atoms with E-state index < -0.39 is 15.8 Å². The Morgan fingerprint density at radius 2 is 2.16 bits per heavy atom. The molecule has 0 saturated carbocycles. The van der Waals surface area contributed by atoms with Gasteiger partial charge in [0.15, 0.2) is 0 Å². The number of hydrogen-bond donors (Lipinski definition) is 0. The second kappa shape index (κ2) is 7.25. The zero-order valence-corrected chi connectivity index (χ0v) is 15.5. The van der Waals surface area contributed by atoms with Crippen molar-refractivity contribution in [2.75, 3.05) is 13.1 Å². The van der Waals surface area contributed by atoms with Crippen molar-refractivity contribution in [2.24, 2.45) is 5.92 Å². The number of benzene rings is 1. The monoisotopic (exact) mass is 365 g/mol. The topological polar surface area (TPSA) is 55.2 Å². The van der Waals surface area contributed by atoms with E-state index in [0.29, 0.717) is 13.1 Å². The highest BCUT2D eigenvalue weighted by atomic mass is 32.2. The molecule has 0 N–H and O–H groups in total. The molecule has 0 radical (unpaired) electrons. The predicted octanol–water partition coefficient (Wildman–Crippen LogP) is 2.99. The molecular formula is C18H24FN3O2S. The average Bonchev–Trinajstić information content (AvgIpc) is 3.18. The first-order valence-electron chi connectivity index (χ1n) is 8.68. The third kappa shape index (κ3) is 3.77. The number of rotatable bonds is 6. The van der Waals surface area contributed by atoms with Crippen LogP contribution in [0.3, 0.4) is 0 Å². The van der Waals surface area contributed by atoms with Gasteiger partial charge in [-0.2, -0.15) is 4.31 Å². The third-order valence-electron chi connectivity index (χ3n) is 4.74.